The first-order valence-corrected chi connectivity index (χ1v) is 14.1. The van der Waals surface area contributed by atoms with E-state index < -0.39 is 0 Å². The average Bonchev–Trinajstić information content (AvgIpc) is 2.96. The van der Waals surface area contributed by atoms with Gasteiger partial charge in [-0.1, -0.05) is 85.4 Å². The molecule has 0 aliphatic carbocycles. The largest absolute Gasteiger partial charge is 0.427 e. The van der Waals surface area contributed by atoms with Gasteiger partial charge in [-0.05, 0) is 72.9 Å². The van der Waals surface area contributed by atoms with Crippen LogP contribution in [0.5, 0.6) is 5.75 Å². The van der Waals surface area contributed by atoms with Crippen LogP contribution in [0, 0.1) is 0 Å². The molecule has 0 saturated carbocycles. The Labute approximate surface area is 235 Å². The van der Waals surface area contributed by atoms with Gasteiger partial charge in [-0.2, -0.15) is 0 Å². The third-order valence-electron chi connectivity index (χ3n) is 6.10. The van der Waals surface area contributed by atoms with E-state index in [0.29, 0.717) is 25.3 Å². The molecule has 6 heteroatoms. The molecule has 0 radical (unpaired) electrons. The molecule has 0 unspecified atom stereocenters. The van der Waals surface area contributed by atoms with Crippen molar-refractivity contribution >= 4 is 29.4 Å². The van der Waals surface area contributed by atoms with Crippen molar-refractivity contribution in [3.05, 3.63) is 120 Å². The van der Waals surface area contributed by atoms with Crippen LogP contribution in [-0.4, -0.2) is 18.5 Å². The second-order valence-electron chi connectivity index (χ2n) is 9.18. The van der Waals surface area contributed by atoms with Gasteiger partial charge in [0.2, 0.25) is 0 Å². The number of anilines is 1. The summed E-state index contributed by atoms with van der Waals surface area (Å²) in [5.41, 5.74) is 3.17. The molecule has 4 aromatic carbocycles. The first-order valence-electron chi connectivity index (χ1n) is 13.3. The highest BCUT2D eigenvalue weighted by Gasteiger charge is 2.16. The van der Waals surface area contributed by atoms with Crippen LogP contribution in [0.4, 0.5) is 10.5 Å². The summed E-state index contributed by atoms with van der Waals surface area (Å²) in [5, 5.41) is 3.08. The molecular formula is C33H34N2O3S. The van der Waals surface area contributed by atoms with E-state index in [1.54, 1.807) is 11.8 Å². The van der Waals surface area contributed by atoms with Crippen LogP contribution in [0.1, 0.15) is 37.3 Å². The van der Waals surface area contributed by atoms with Crippen LogP contribution >= 0.6 is 11.8 Å². The van der Waals surface area contributed by atoms with Crippen LogP contribution in [0.3, 0.4) is 0 Å². The fourth-order valence-corrected chi connectivity index (χ4v) is 4.99. The first-order chi connectivity index (χ1) is 19.1. The summed E-state index contributed by atoms with van der Waals surface area (Å²) in [7, 11) is 0. The number of carbonyl (C=O) groups is 2. The number of carbonyl (C=O) groups excluding carboxylic acids is 2. The molecule has 0 aliphatic heterocycles. The highest BCUT2D eigenvalue weighted by Crippen LogP contribution is 2.32. The van der Waals surface area contributed by atoms with Gasteiger partial charge in [-0.15, -0.1) is 0 Å². The topological polar surface area (TPSA) is 58.6 Å². The Bertz CT molecular complexity index is 1330. The predicted molar refractivity (Wildman–Crippen MR) is 158 cm³/mol. The number of nitrogens with zero attached hydrogens (tertiary/aromatic N) is 1. The van der Waals surface area contributed by atoms with Gasteiger partial charge in [0, 0.05) is 35.0 Å². The average molecular weight is 539 g/mol. The van der Waals surface area contributed by atoms with Gasteiger partial charge in [-0.3, -0.25) is 9.69 Å². The zero-order valence-corrected chi connectivity index (χ0v) is 23.0. The molecule has 0 aliphatic rings. The van der Waals surface area contributed by atoms with Gasteiger partial charge in [0.1, 0.15) is 5.75 Å². The monoisotopic (exact) mass is 538 g/mol. The van der Waals surface area contributed by atoms with E-state index in [0.717, 1.165) is 40.3 Å². The van der Waals surface area contributed by atoms with Crippen molar-refractivity contribution in [2.45, 2.75) is 48.9 Å². The molecule has 0 aromatic heterocycles. The molecule has 0 bridgehead atoms. The van der Waals surface area contributed by atoms with Gasteiger partial charge >= 0.3 is 12.0 Å². The molecule has 39 heavy (non-hydrogen) atoms. The Hall–Kier alpha value is -4.03. The van der Waals surface area contributed by atoms with E-state index in [4.69, 9.17) is 4.74 Å². The van der Waals surface area contributed by atoms with Gasteiger partial charge in [0.05, 0.1) is 0 Å². The van der Waals surface area contributed by atoms with E-state index in [9.17, 15) is 9.59 Å². The first kappa shape index (κ1) is 28.0. The molecule has 0 heterocycles. The highest BCUT2D eigenvalue weighted by atomic mass is 32.2. The molecule has 4 aromatic rings. The lowest BCUT2D eigenvalue weighted by atomic mass is 10.1. The van der Waals surface area contributed by atoms with Crippen LogP contribution < -0.4 is 15.0 Å². The Balaban J connectivity index is 1.45. The number of benzene rings is 4. The maximum Gasteiger partial charge on any atom is 0.322 e. The number of nitrogens with one attached hydrogen (secondary N) is 1. The summed E-state index contributed by atoms with van der Waals surface area (Å²) in [6.45, 7) is 3.02. The Kier molecular flexibility index (Phi) is 10.6. The summed E-state index contributed by atoms with van der Waals surface area (Å²) in [6, 6.07) is 35.7. The van der Waals surface area contributed by atoms with Crippen molar-refractivity contribution in [2.75, 3.05) is 11.4 Å². The Morgan fingerprint density at radius 1 is 0.795 bits per heavy atom. The van der Waals surface area contributed by atoms with Crippen molar-refractivity contribution in [3.8, 4) is 5.75 Å². The second kappa shape index (κ2) is 14.8. The summed E-state index contributed by atoms with van der Waals surface area (Å²) >= 11 is 1.60. The maximum absolute atomic E-state index is 13.4. The lowest BCUT2D eigenvalue weighted by Crippen LogP contribution is -2.40. The number of amides is 2. The Morgan fingerprint density at radius 3 is 2.18 bits per heavy atom. The number of urea groups is 1. The number of hydrogen-bond acceptors (Lipinski definition) is 4. The highest BCUT2D eigenvalue weighted by molar-refractivity contribution is 7.99. The van der Waals surface area contributed by atoms with Crippen LogP contribution in [0.15, 0.2) is 119 Å². The van der Waals surface area contributed by atoms with Crippen molar-refractivity contribution in [2.24, 2.45) is 0 Å². The van der Waals surface area contributed by atoms with Crippen LogP contribution in [-0.2, 0) is 17.8 Å². The second-order valence-corrected chi connectivity index (χ2v) is 10.3. The predicted octanol–water partition coefficient (Wildman–Crippen LogP) is 7.89. The lowest BCUT2D eigenvalue weighted by Gasteiger charge is -2.24. The standard InChI is InChI=1S/C33H34N2O3S/c1-2-11-32(36)38-29-19-21-30(22-20-29)39-31-18-9-17-28(24-31)35(23-10-16-26-12-5-3-6-13-26)33(37)34-25-27-14-7-4-8-15-27/h3-9,12-15,17-22,24H,2,10-11,16,23,25H2,1H3,(H,34,37). The van der Waals surface area contributed by atoms with E-state index in [1.807, 2.05) is 109 Å². The smallest absolute Gasteiger partial charge is 0.322 e. The maximum atomic E-state index is 13.4. The number of aryl methyl sites for hydroxylation is 1. The molecule has 0 atom stereocenters. The summed E-state index contributed by atoms with van der Waals surface area (Å²) in [6.07, 6.45) is 2.91. The number of hydrogen-bond donors (Lipinski definition) is 1. The lowest BCUT2D eigenvalue weighted by molar-refractivity contribution is -0.134. The van der Waals surface area contributed by atoms with Crippen molar-refractivity contribution in [1.82, 2.24) is 5.32 Å². The molecule has 1 N–H and O–H groups in total. The molecule has 0 spiro atoms. The fourth-order valence-electron chi connectivity index (χ4n) is 4.12. The number of rotatable bonds is 12. The molecule has 5 nitrogen and oxygen atoms in total. The van der Waals surface area contributed by atoms with Crippen molar-refractivity contribution < 1.29 is 14.3 Å². The fraction of sp³-hybridized carbons (Fsp3) is 0.212. The molecular weight excluding hydrogens is 504 g/mol. The van der Waals surface area contributed by atoms with Crippen LogP contribution in [0.2, 0.25) is 0 Å². The zero-order valence-electron chi connectivity index (χ0n) is 22.2. The van der Waals surface area contributed by atoms with Crippen molar-refractivity contribution in [1.29, 1.82) is 0 Å². The van der Waals surface area contributed by atoms with Gasteiger partial charge < -0.3 is 10.1 Å². The van der Waals surface area contributed by atoms with Crippen LogP contribution in [0.25, 0.3) is 0 Å². The molecule has 200 valence electrons. The number of ether oxygens (including phenoxy) is 1. The number of esters is 1. The van der Waals surface area contributed by atoms with E-state index in [-0.39, 0.29) is 12.0 Å². The quantitative estimate of drug-likeness (QED) is 0.147. The summed E-state index contributed by atoms with van der Waals surface area (Å²) in [5.74, 6) is 0.328. The van der Waals surface area contributed by atoms with E-state index >= 15 is 0 Å². The molecule has 0 fully saturated rings. The van der Waals surface area contributed by atoms with Gasteiger partial charge in [0.15, 0.2) is 0 Å². The van der Waals surface area contributed by atoms with Gasteiger partial charge in [-0.25, -0.2) is 4.79 Å². The van der Waals surface area contributed by atoms with E-state index in [2.05, 4.69) is 17.4 Å². The third-order valence-corrected chi connectivity index (χ3v) is 7.09. The Morgan fingerprint density at radius 2 is 1.49 bits per heavy atom. The molecule has 2 amide bonds. The zero-order chi connectivity index (χ0) is 27.3. The summed E-state index contributed by atoms with van der Waals surface area (Å²) in [4.78, 5) is 29.0. The minimum Gasteiger partial charge on any atom is -0.427 e. The van der Waals surface area contributed by atoms with Gasteiger partial charge in [0.25, 0.3) is 0 Å². The molecule has 4 rings (SSSR count). The summed E-state index contributed by atoms with van der Waals surface area (Å²) < 4.78 is 5.36. The molecule has 0 saturated heterocycles. The minimum absolute atomic E-state index is 0.118. The normalized spacial score (nSPS) is 10.6. The van der Waals surface area contributed by atoms with Crippen molar-refractivity contribution in [3.63, 3.8) is 0 Å². The van der Waals surface area contributed by atoms with E-state index in [1.165, 1.54) is 5.56 Å². The minimum atomic E-state index is -0.219. The SMILES string of the molecule is CCCC(=O)Oc1ccc(Sc2cccc(N(CCCc3ccccc3)C(=O)NCc3ccccc3)c2)cc1. The third kappa shape index (κ3) is 9.04.